The number of aliphatic hydroxyl groups excluding tert-OH is 4. The second-order valence-corrected chi connectivity index (χ2v) is 5.80. The van der Waals surface area contributed by atoms with E-state index in [0.717, 1.165) is 0 Å². The van der Waals surface area contributed by atoms with Gasteiger partial charge >= 0.3 is 12.1 Å². The van der Waals surface area contributed by atoms with Crippen LogP contribution in [0.4, 0.5) is 13.2 Å². The number of hydrogen-bond acceptors (Lipinski definition) is 9. The number of esters is 1. The van der Waals surface area contributed by atoms with Gasteiger partial charge in [0.05, 0.1) is 0 Å². The molecule has 1 saturated heterocycles. The molecule has 0 aromatic rings. The Bertz CT molecular complexity index is 474. The molecule has 0 unspecified atom stereocenters. The zero-order valence-electron chi connectivity index (χ0n) is 13.9. The van der Waals surface area contributed by atoms with Crippen molar-refractivity contribution in [1.29, 1.82) is 0 Å². The average molecular weight is 393 g/mol. The summed E-state index contributed by atoms with van der Waals surface area (Å²) in [4.78, 5) is 20.3. The molecular formula is C13H22F3NO9. The number of aliphatic hydroxyl groups is 4. The molecule has 0 aromatic carbocycles. The Hall–Kier alpha value is -1.51. The van der Waals surface area contributed by atoms with Gasteiger partial charge in [-0.15, -0.1) is 0 Å². The van der Waals surface area contributed by atoms with E-state index in [2.05, 4.69) is 5.73 Å². The molecule has 0 aliphatic carbocycles. The Labute approximate surface area is 145 Å². The standard InChI is InChI=1S/C11H21NO7.C2HF3O2/c1-4(2)6(12)10(16)18-3-5-7(13)8(14)9(15)11(17)19-5;3-2(4,5)1(6)7/h4-9,11,13-15,17H,3,12H2,1-2H3;(H,6,7)/t5-,6+,7+,8+,9-,11+;/m1./s1. The van der Waals surface area contributed by atoms with Crippen molar-refractivity contribution in [3.05, 3.63) is 0 Å². The molecule has 0 saturated carbocycles. The van der Waals surface area contributed by atoms with Crippen molar-refractivity contribution in [1.82, 2.24) is 0 Å². The highest BCUT2D eigenvalue weighted by atomic mass is 19.4. The lowest BCUT2D eigenvalue weighted by Gasteiger charge is -2.37. The third kappa shape index (κ3) is 7.39. The van der Waals surface area contributed by atoms with Gasteiger partial charge in [0.1, 0.15) is 37.0 Å². The number of carbonyl (C=O) groups is 2. The quantitative estimate of drug-likeness (QED) is 0.296. The second-order valence-electron chi connectivity index (χ2n) is 5.80. The normalized spacial score (nSPS) is 30.2. The highest BCUT2D eigenvalue weighted by molar-refractivity contribution is 5.74. The van der Waals surface area contributed by atoms with Gasteiger partial charge in [0.15, 0.2) is 12.3 Å². The maximum absolute atomic E-state index is 11.6. The molecular weight excluding hydrogens is 371 g/mol. The predicted molar refractivity (Wildman–Crippen MR) is 72.4 cm³/mol. The number of aliphatic carboxylic acids is 1. The topological polar surface area (TPSA) is 184 Å². The summed E-state index contributed by atoms with van der Waals surface area (Å²) < 4.78 is 41.3. The van der Waals surface area contributed by atoms with Gasteiger partial charge in [0.25, 0.3) is 0 Å². The molecule has 1 rings (SSSR count). The maximum Gasteiger partial charge on any atom is 0.430 e. The van der Waals surface area contributed by atoms with Crippen molar-refractivity contribution in [3.8, 4) is 0 Å². The molecule has 0 bridgehead atoms. The highest BCUT2D eigenvalue weighted by Gasteiger charge is 2.43. The second kappa shape index (κ2) is 9.99. The van der Waals surface area contributed by atoms with E-state index in [1.165, 1.54) is 0 Å². The Morgan fingerprint density at radius 3 is 2.00 bits per heavy atom. The van der Waals surface area contributed by atoms with E-state index in [9.17, 15) is 38.4 Å². The molecule has 1 aliphatic rings. The lowest BCUT2D eigenvalue weighted by Crippen LogP contribution is -2.68. The van der Waals surface area contributed by atoms with E-state index in [4.69, 9.17) is 19.4 Å². The van der Waals surface area contributed by atoms with Gasteiger partial charge in [-0.25, -0.2) is 4.79 Å². The van der Waals surface area contributed by atoms with Gasteiger partial charge in [0, 0.05) is 5.92 Å². The summed E-state index contributed by atoms with van der Waals surface area (Å²) in [7, 11) is 0. The molecule has 0 radical (unpaired) electrons. The summed E-state index contributed by atoms with van der Waals surface area (Å²) in [6, 6.07) is -0.554. The molecule has 0 amide bonds. The van der Waals surface area contributed by atoms with E-state index >= 15 is 0 Å². The van der Waals surface area contributed by atoms with Crippen LogP contribution in [0.2, 0.25) is 0 Å². The van der Waals surface area contributed by atoms with E-state index < -0.39 is 54.9 Å². The number of carboxylic acids is 1. The molecule has 6 atom stereocenters. The molecule has 1 heterocycles. The van der Waals surface area contributed by atoms with Crippen LogP contribution in [0.25, 0.3) is 0 Å². The van der Waals surface area contributed by atoms with Crippen molar-refractivity contribution in [2.24, 2.45) is 5.92 Å². The molecule has 13 heteroatoms. The van der Waals surface area contributed by atoms with Crippen molar-refractivity contribution in [2.75, 3.05) is 6.61 Å². The first-order valence-corrected chi connectivity index (χ1v) is 7.35. The Balaban J connectivity index is 0.000000758. The van der Waals surface area contributed by atoms with Gasteiger partial charge < -0.3 is 45.5 Å². The molecule has 0 aromatic heterocycles. The van der Waals surface area contributed by atoms with Crippen molar-refractivity contribution in [3.63, 3.8) is 0 Å². The fourth-order valence-corrected chi connectivity index (χ4v) is 1.61. The number of halogens is 3. The van der Waals surface area contributed by atoms with Crippen LogP contribution >= 0.6 is 0 Å². The summed E-state index contributed by atoms with van der Waals surface area (Å²) in [5.41, 5.74) is 3.65. The Kier molecular flexibility index (Phi) is 9.41. The zero-order valence-corrected chi connectivity index (χ0v) is 13.9. The Morgan fingerprint density at radius 1 is 1.15 bits per heavy atom. The van der Waals surface area contributed by atoms with Gasteiger partial charge in [-0.05, 0) is 0 Å². The van der Waals surface area contributed by atoms with Crippen LogP contribution in [0, 0.1) is 5.92 Å². The Morgan fingerprint density at radius 2 is 1.62 bits per heavy atom. The summed E-state index contributed by atoms with van der Waals surface area (Å²) in [6.45, 7) is 3.29. The SMILES string of the molecule is CC(C)[C@H]([NH3+])C(=O)OC[C@H]1O[C@H](O)[C@H](O)[C@@H](O)[C@H]1O.O=C([O-])C(F)(F)F. The lowest BCUT2D eigenvalue weighted by molar-refractivity contribution is -0.419. The smallest absolute Gasteiger partial charge is 0.430 e. The summed E-state index contributed by atoms with van der Waals surface area (Å²) in [6.07, 6.45) is -12.5. The third-order valence-electron chi connectivity index (χ3n) is 3.42. The van der Waals surface area contributed by atoms with Crippen molar-refractivity contribution in [2.45, 2.75) is 56.8 Å². The minimum atomic E-state index is -5.19. The van der Waals surface area contributed by atoms with E-state index in [1.54, 1.807) is 0 Å². The molecule has 1 fully saturated rings. The van der Waals surface area contributed by atoms with Gasteiger partial charge in [0.2, 0.25) is 0 Å². The molecule has 7 N–H and O–H groups in total. The number of hydrogen-bond donors (Lipinski definition) is 5. The zero-order chi connectivity index (χ0) is 20.8. The lowest BCUT2D eigenvalue weighted by atomic mass is 9.99. The number of alkyl halides is 3. The molecule has 154 valence electrons. The van der Waals surface area contributed by atoms with Crippen LogP contribution in [0.3, 0.4) is 0 Å². The first kappa shape index (κ1) is 24.5. The monoisotopic (exact) mass is 393 g/mol. The van der Waals surface area contributed by atoms with Crippen LogP contribution < -0.4 is 10.8 Å². The van der Waals surface area contributed by atoms with Crippen LogP contribution in [0.5, 0.6) is 0 Å². The summed E-state index contributed by atoms with van der Waals surface area (Å²) >= 11 is 0. The number of ether oxygens (including phenoxy) is 2. The van der Waals surface area contributed by atoms with Crippen molar-refractivity contribution < 1.29 is 63.5 Å². The first-order valence-electron chi connectivity index (χ1n) is 7.35. The number of quaternary nitrogens is 1. The maximum atomic E-state index is 11.6. The number of carboxylic acid groups (broad SMARTS) is 1. The van der Waals surface area contributed by atoms with E-state index in [-0.39, 0.29) is 12.5 Å². The highest BCUT2D eigenvalue weighted by Crippen LogP contribution is 2.20. The molecule has 0 spiro atoms. The van der Waals surface area contributed by atoms with E-state index in [0.29, 0.717) is 0 Å². The first-order chi connectivity index (χ1) is 11.7. The van der Waals surface area contributed by atoms with Gasteiger partial charge in [-0.2, -0.15) is 13.2 Å². The van der Waals surface area contributed by atoms with Crippen LogP contribution in [0.15, 0.2) is 0 Å². The summed E-state index contributed by atoms with van der Waals surface area (Å²) in [5.74, 6) is -3.56. The summed E-state index contributed by atoms with van der Waals surface area (Å²) in [5, 5.41) is 46.4. The van der Waals surface area contributed by atoms with Crippen LogP contribution in [-0.4, -0.2) is 81.9 Å². The fourth-order valence-electron chi connectivity index (χ4n) is 1.61. The van der Waals surface area contributed by atoms with Crippen LogP contribution in [-0.2, 0) is 19.1 Å². The predicted octanol–water partition coefficient (Wildman–Crippen LogP) is -4.11. The molecule has 1 aliphatic heterocycles. The van der Waals surface area contributed by atoms with Gasteiger partial charge in [-0.3, -0.25) is 0 Å². The molecule has 26 heavy (non-hydrogen) atoms. The average Bonchev–Trinajstić information content (AvgIpc) is 2.53. The van der Waals surface area contributed by atoms with Gasteiger partial charge in [-0.1, -0.05) is 13.8 Å². The minimum absolute atomic E-state index is 0.00250. The minimum Gasteiger partial charge on any atom is -0.542 e. The largest absolute Gasteiger partial charge is 0.542 e. The number of rotatable bonds is 4. The van der Waals surface area contributed by atoms with E-state index in [1.807, 2.05) is 13.8 Å². The fraction of sp³-hybridized carbons (Fsp3) is 0.846. The number of carbonyl (C=O) groups excluding carboxylic acids is 2. The van der Waals surface area contributed by atoms with Crippen molar-refractivity contribution >= 4 is 11.9 Å². The third-order valence-corrected chi connectivity index (χ3v) is 3.42. The van der Waals surface area contributed by atoms with Crippen LogP contribution in [0.1, 0.15) is 13.8 Å². The molecule has 10 nitrogen and oxygen atoms in total.